The fourth-order valence-corrected chi connectivity index (χ4v) is 6.00. The highest BCUT2D eigenvalue weighted by atomic mass is 14.6. The minimum absolute atomic E-state index is 1.20. The molecule has 0 saturated carbocycles. The Morgan fingerprint density at radius 2 is 0.947 bits per heavy atom. The molecule has 0 amide bonds. The number of aryl methyl sites for hydroxylation is 2. The van der Waals surface area contributed by atoms with Crippen LogP contribution in [-0.2, 0) is 0 Å². The predicted molar refractivity (Wildman–Crippen MR) is 163 cm³/mol. The van der Waals surface area contributed by atoms with Crippen LogP contribution in [0.4, 0.5) is 0 Å². The average Bonchev–Trinajstić information content (AvgIpc) is 2.97. The van der Waals surface area contributed by atoms with Crippen LogP contribution >= 0.6 is 0 Å². The standard InChI is InChI=1S/C37H27N/c1-24-22-35(25(2)21-34(24)27-17-19-38-20-18-27)37-32-13-7-5-11-30(32)36(31-12-6-8-14-33(31)37)29-16-15-26-9-3-4-10-28(26)23-29/h3-23H,1-2H3. The molecule has 38 heavy (non-hydrogen) atoms. The molecule has 7 rings (SSSR count). The molecule has 6 aromatic carbocycles. The van der Waals surface area contributed by atoms with Gasteiger partial charge in [-0.05, 0) is 109 Å². The molecule has 0 aliphatic heterocycles. The predicted octanol–water partition coefficient (Wildman–Crippen LogP) is 10.2. The Labute approximate surface area is 223 Å². The Balaban J connectivity index is 1.55. The molecule has 0 aliphatic rings. The maximum absolute atomic E-state index is 4.21. The van der Waals surface area contributed by atoms with E-state index < -0.39 is 0 Å². The van der Waals surface area contributed by atoms with Crippen LogP contribution in [0.3, 0.4) is 0 Å². The van der Waals surface area contributed by atoms with Gasteiger partial charge in [0, 0.05) is 12.4 Å². The maximum Gasteiger partial charge on any atom is 0.0273 e. The zero-order valence-corrected chi connectivity index (χ0v) is 21.6. The van der Waals surface area contributed by atoms with Gasteiger partial charge in [0.2, 0.25) is 0 Å². The average molecular weight is 486 g/mol. The topological polar surface area (TPSA) is 12.9 Å². The second-order valence-corrected chi connectivity index (χ2v) is 10.1. The van der Waals surface area contributed by atoms with E-state index in [9.17, 15) is 0 Å². The number of hydrogen-bond donors (Lipinski definition) is 0. The van der Waals surface area contributed by atoms with Gasteiger partial charge in [-0.1, -0.05) is 97.1 Å². The molecule has 0 aliphatic carbocycles. The molecule has 180 valence electrons. The summed E-state index contributed by atoms with van der Waals surface area (Å²) in [5.41, 5.74) is 10.2. The molecule has 0 spiro atoms. The lowest BCUT2D eigenvalue weighted by Crippen LogP contribution is -1.94. The van der Waals surface area contributed by atoms with Crippen molar-refractivity contribution in [2.45, 2.75) is 13.8 Å². The van der Waals surface area contributed by atoms with Gasteiger partial charge >= 0.3 is 0 Å². The third-order valence-corrected chi connectivity index (χ3v) is 7.80. The van der Waals surface area contributed by atoms with E-state index in [2.05, 4.69) is 134 Å². The van der Waals surface area contributed by atoms with Crippen molar-refractivity contribution in [1.29, 1.82) is 0 Å². The summed E-state index contributed by atoms with van der Waals surface area (Å²) in [5, 5.41) is 7.67. The Morgan fingerprint density at radius 1 is 0.421 bits per heavy atom. The molecule has 7 aromatic rings. The molecule has 0 N–H and O–H groups in total. The number of aromatic nitrogens is 1. The molecule has 1 aromatic heterocycles. The minimum Gasteiger partial charge on any atom is -0.265 e. The number of benzene rings is 6. The molecular formula is C37H27N. The molecule has 0 fully saturated rings. The first-order chi connectivity index (χ1) is 18.7. The lowest BCUT2D eigenvalue weighted by molar-refractivity contribution is 1.32. The van der Waals surface area contributed by atoms with Crippen LogP contribution in [0.15, 0.2) is 128 Å². The first-order valence-electron chi connectivity index (χ1n) is 13.1. The Bertz CT molecular complexity index is 1930. The van der Waals surface area contributed by atoms with Crippen LogP contribution in [0, 0.1) is 13.8 Å². The molecule has 0 radical (unpaired) electrons. The van der Waals surface area contributed by atoms with E-state index in [1.807, 2.05) is 12.4 Å². The van der Waals surface area contributed by atoms with Crippen LogP contribution in [0.1, 0.15) is 11.1 Å². The summed E-state index contributed by atoms with van der Waals surface area (Å²) in [6, 6.07) is 42.1. The summed E-state index contributed by atoms with van der Waals surface area (Å²) < 4.78 is 0. The first-order valence-corrected chi connectivity index (χ1v) is 13.1. The molecule has 0 unspecified atom stereocenters. The largest absolute Gasteiger partial charge is 0.265 e. The smallest absolute Gasteiger partial charge is 0.0273 e. The number of fused-ring (bicyclic) bond motifs is 3. The van der Waals surface area contributed by atoms with E-state index in [0.29, 0.717) is 0 Å². The fraction of sp³-hybridized carbons (Fsp3) is 0.0541. The number of nitrogens with zero attached hydrogens (tertiary/aromatic N) is 1. The summed E-state index contributed by atoms with van der Waals surface area (Å²) >= 11 is 0. The van der Waals surface area contributed by atoms with Crippen molar-refractivity contribution in [3.05, 3.63) is 139 Å². The van der Waals surface area contributed by atoms with E-state index in [1.54, 1.807) is 0 Å². The maximum atomic E-state index is 4.21. The van der Waals surface area contributed by atoms with Crippen LogP contribution in [0.5, 0.6) is 0 Å². The SMILES string of the molecule is Cc1cc(-c2c3ccccc3c(-c3ccc4ccccc4c3)c3ccccc23)c(C)cc1-c1ccncc1. The van der Waals surface area contributed by atoms with Crippen molar-refractivity contribution in [3.8, 4) is 33.4 Å². The Hall–Kier alpha value is -4.75. The fourth-order valence-electron chi connectivity index (χ4n) is 6.00. The monoisotopic (exact) mass is 485 g/mol. The van der Waals surface area contributed by atoms with Crippen molar-refractivity contribution in [3.63, 3.8) is 0 Å². The normalized spacial score (nSPS) is 11.4. The summed E-state index contributed by atoms with van der Waals surface area (Å²) in [6.45, 7) is 4.45. The van der Waals surface area contributed by atoms with E-state index in [0.717, 1.165) is 0 Å². The van der Waals surface area contributed by atoms with Gasteiger partial charge in [0.15, 0.2) is 0 Å². The molecule has 1 heterocycles. The molecular weight excluding hydrogens is 458 g/mol. The molecule has 0 atom stereocenters. The van der Waals surface area contributed by atoms with Crippen molar-refractivity contribution < 1.29 is 0 Å². The second-order valence-electron chi connectivity index (χ2n) is 10.1. The highest BCUT2D eigenvalue weighted by Crippen LogP contribution is 2.45. The summed E-state index contributed by atoms with van der Waals surface area (Å²) in [5.74, 6) is 0. The van der Waals surface area contributed by atoms with Crippen LogP contribution < -0.4 is 0 Å². The van der Waals surface area contributed by atoms with E-state index in [-0.39, 0.29) is 0 Å². The third kappa shape index (κ3) is 3.59. The highest BCUT2D eigenvalue weighted by molar-refractivity contribution is 6.22. The van der Waals surface area contributed by atoms with Gasteiger partial charge in [-0.15, -0.1) is 0 Å². The lowest BCUT2D eigenvalue weighted by Gasteiger charge is -2.20. The van der Waals surface area contributed by atoms with Gasteiger partial charge in [-0.25, -0.2) is 0 Å². The number of rotatable bonds is 3. The summed E-state index contributed by atoms with van der Waals surface area (Å²) in [6.07, 6.45) is 3.73. The quantitative estimate of drug-likeness (QED) is 0.227. The van der Waals surface area contributed by atoms with E-state index >= 15 is 0 Å². The van der Waals surface area contributed by atoms with Gasteiger partial charge in [0.25, 0.3) is 0 Å². The number of pyridine rings is 1. The first kappa shape index (κ1) is 22.4. The minimum atomic E-state index is 1.20. The zero-order chi connectivity index (χ0) is 25.6. The van der Waals surface area contributed by atoms with Gasteiger partial charge < -0.3 is 0 Å². The van der Waals surface area contributed by atoms with Crippen molar-refractivity contribution in [2.24, 2.45) is 0 Å². The van der Waals surface area contributed by atoms with Gasteiger partial charge in [0.05, 0.1) is 0 Å². The highest BCUT2D eigenvalue weighted by Gasteiger charge is 2.18. The van der Waals surface area contributed by atoms with E-state index in [1.165, 1.54) is 76.8 Å². The Morgan fingerprint density at radius 3 is 1.61 bits per heavy atom. The Kier molecular flexibility index (Phi) is 5.30. The van der Waals surface area contributed by atoms with Crippen LogP contribution in [0.25, 0.3) is 65.7 Å². The lowest BCUT2D eigenvalue weighted by atomic mass is 9.83. The summed E-state index contributed by atoms with van der Waals surface area (Å²) in [4.78, 5) is 4.21. The molecule has 0 bridgehead atoms. The van der Waals surface area contributed by atoms with Gasteiger partial charge in [0.1, 0.15) is 0 Å². The summed E-state index contributed by atoms with van der Waals surface area (Å²) in [7, 11) is 0. The molecule has 1 heteroatoms. The van der Waals surface area contributed by atoms with Crippen molar-refractivity contribution >= 4 is 32.3 Å². The second kappa shape index (κ2) is 8.97. The van der Waals surface area contributed by atoms with Crippen LogP contribution in [-0.4, -0.2) is 4.98 Å². The van der Waals surface area contributed by atoms with Crippen LogP contribution in [0.2, 0.25) is 0 Å². The van der Waals surface area contributed by atoms with Crippen molar-refractivity contribution in [1.82, 2.24) is 4.98 Å². The van der Waals surface area contributed by atoms with E-state index in [4.69, 9.17) is 0 Å². The van der Waals surface area contributed by atoms with Gasteiger partial charge in [-0.2, -0.15) is 0 Å². The molecule has 0 saturated heterocycles. The van der Waals surface area contributed by atoms with Gasteiger partial charge in [-0.3, -0.25) is 4.98 Å². The molecule has 1 nitrogen and oxygen atoms in total. The third-order valence-electron chi connectivity index (χ3n) is 7.80. The van der Waals surface area contributed by atoms with Crippen molar-refractivity contribution in [2.75, 3.05) is 0 Å². The zero-order valence-electron chi connectivity index (χ0n) is 21.6. The number of hydrogen-bond acceptors (Lipinski definition) is 1.